The van der Waals surface area contributed by atoms with Crippen molar-refractivity contribution < 1.29 is 4.79 Å². The molecule has 0 spiro atoms. The molecule has 20 heavy (non-hydrogen) atoms. The van der Waals surface area contributed by atoms with Crippen LogP contribution in [0, 0.1) is 0 Å². The van der Waals surface area contributed by atoms with Crippen molar-refractivity contribution in [2.75, 3.05) is 7.05 Å². The van der Waals surface area contributed by atoms with Gasteiger partial charge in [-0.2, -0.15) is 0 Å². The maximum absolute atomic E-state index is 12.1. The topological polar surface area (TPSA) is 56.0 Å². The molecule has 0 saturated carbocycles. The monoisotopic (exact) mass is 275 g/mol. The van der Waals surface area contributed by atoms with Crippen molar-refractivity contribution in [3.8, 4) is 0 Å². The van der Waals surface area contributed by atoms with Gasteiger partial charge in [0.1, 0.15) is 6.33 Å². The molecule has 0 aliphatic heterocycles. The van der Waals surface area contributed by atoms with Crippen molar-refractivity contribution in [2.24, 2.45) is 7.05 Å². The van der Waals surface area contributed by atoms with Crippen LogP contribution in [-0.2, 0) is 31.4 Å². The summed E-state index contributed by atoms with van der Waals surface area (Å²) in [5, 5.41) is 7.92. The summed E-state index contributed by atoms with van der Waals surface area (Å²) in [7, 11) is 3.80. The van der Waals surface area contributed by atoms with Crippen molar-refractivity contribution in [3.05, 3.63) is 36.2 Å². The molecule has 2 aromatic rings. The lowest BCUT2D eigenvalue weighted by Gasteiger charge is -2.17. The molecule has 0 N–H and O–H groups in total. The average molecular weight is 275 g/mol. The normalized spacial score (nSPS) is 10.8. The van der Waals surface area contributed by atoms with Gasteiger partial charge in [-0.05, 0) is 25.5 Å². The number of aryl methyl sites for hydroxylation is 3. The molecule has 0 aromatic carbocycles. The minimum atomic E-state index is 0.122. The van der Waals surface area contributed by atoms with Crippen LogP contribution in [0.2, 0.25) is 0 Å². The summed E-state index contributed by atoms with van der Waals surface area (Å²) in [6.07, 6.45) is 4.95. The third-order valence-corrected chi connectivity index (χ3v) is 3.49. The minimum Gasteiger partial charge on any atom is -0.354 e. The number of nitrogens with zero attached hydrogens (tertiary/aromatic N) is 5. The van der Waals surface area contributed by atoms with Gasteiger partial charge in [0.2, 0.25) is 5.91 Å². The van der Waals surface area contributed by atoms with E-state index in [1.807, 2.05) is 48.5 Å². The summed E-state index contributed by atoms with van der Waals surface area (Å²) in [6.45, 7) is 3.34. The predicted molar refractivity (Wildman–Crippen MR) is 75.9 cm³/mol. The van der Waals surface area contributed by atoms with Gasteiger partial charge >= 0.3 is 0 Å². The van der Waals surface area contributed by atoms with E-state index in [4.69, 9.17) is 0 Å². The largest absolute Gasteiger partial charge is 0.354 e. The molecule has 6 nitrogen and oxygen atoms in total. The Morgan fingerprint density at radius 1 is 1.45 bits per heavy atom. The van der Waals surface area contributed by atoms with E-state index in [9.17, 15) is 4.79 Å². The Bertz CT molecular complexity index is 572. The molecule has 0 unspecified atom stereocenters. The van der Waals surface area contributed by atoms with E-state index in [1.165, 1.54) is 5.69 Å². The van der Waals surface area contributed by atoms with E-state index < -0.39 is 0 Å². The molecule has 0 radical (unpaired) electrons. The first-order chi connectivity index (χ1) is 9.61. The van der Waals surface area contributed by atoms with E-state index in [1.54, 1.807) is 11.2 Å². The van der Waals surface area contributed by atoms with E-state index in [2.05, 4.69) is 10.2 Å². The van der Waals surface area contributed by atoms with Crippen molar-refractivity contribution in [1.29, 1.82) is 0 Å². The Hall–Kier alpha value is -2.11. The van der Waals surface area contributed by atoms with Crippen LogP contribution in [0.25, 0.3) is 0 Å². The molecular formula is C14H21N5O. The molecule has 0 aliphatic carbocycles. The van der Waals surface area contributed by atoms with Gasteiger partial charge in [0, 0.05) is 39.0 Å². The third kappa shape index (κ3) is 3.26. The van der Waals surface area contributed by atoms with Crippen LogP contribution in [-0.4, -0.2) is 37.2 Å². The van der Waals surface area contributed by atoms with Gasteiger partial charge in [-0.1, -0.05) is 0 Å². The van der Waals surface area contributed by atoms with Crippen molar-refractivity contribution >= 4 is 5.91 Å². The molecule has 0 atom stereocenters. The smallest absolute Gasteiger partial charge is 0.223 e. The molecule has 6 heteroatoms. The molecule has 2 heterocycles. The van der Waals surface area contributed by atoms with Gasteiger partial charge in [0.25, 0.3) is 0 Å². The third-order valence-electron chi connectivity index (χ3n) is 3.49. The predicted octanol–water partition coefficient (Wildman–Crippen LogP) is 1.23. The van der Waals surface area contributed by atoms with Crippen LogP contribution in [0.15, 0.2) is 24.7 Å². The maximum atomic E-state index is 12.1. The number of aromatic nitrogens is 4. The highest BCUT2D eigenvalue weighted by molar-refractivity contribution is 5.76. The Labute approximate surface area is 119 Å². The van der Waals surface area contributed by atoms with Crippen molar-refractivity contribution in [3.63, 3.8) is 0 Å². The molecule has 0 aliphatic rings. The highest BCUT2D eigenvalue weighted by Crippen LogP contribution is 2.07. The second-order valence-electron chi connectivity index (χ2n) is 4.89. The second-order valence-corrected chi connectivity index (χ2v) is 4.89. The first-order valence-electron chi connectivity index (χ1n) is 6.82. The molecular weight excluding hydrogens is 254 g/mol. The van der Waals surface area contributed by atoms with Crippen LogP contribution in [0.3, 0.4) is 0 Å². The van der Waals surface area contributed by atoms with E-state index >= 15 is 0 Å². The van der Waals surface area contributed by atoms with E-state index in [0.29, 0.717) is 13.0 Å². The van der Waals surface area contributed by atoms with Crippen LogP contribution >= 0.6 is 0 Å². The van der Waals surface area contributed by atoms with Crippen LogP contribution in [0.4, 0.5) is 0 Å². The molecule has 2 rings (SSSR count). The van der Waals surface area contributed by atoms with Crippen LogP contribution in [0.5, 0.6) is 0 Å². The Kier molecular flexibility index (Phi) is 4.55. The fraction of sp³-hybridized carbons (Fsp3) is 0.500. The Morgan fingerprint density at radius 2 is 2.25 bits per heavy atom. The zero-order chi connectivity index (χ0) is 14.5. The van der Waals surface area contributed by atoms with Crippen LogP contribution in [0.1, 0.15) is 24.9 Å². The van der Waals surface area contributed by atoms with E-state index in [0.717, 1.165) is 18.8 Å². The zero-order valence-corrected chi connectivity index (χ0v) is 12.3. The lowest BCUT2D eigenvalue weighted by atomic mass is 10.2. The molecule has 108 valence electrons. The first kappa shape index (κ1) is 14.3. The van der Waals surface area contributed by atoms with Gasteiger partial charge < -0.3 is 14.0 Å². The minimum absolute atomic E-state index is 0.122. The van der Waals surface area contributed by atoms with Gasteiger partial charge in [-0.25, -0.2) is 0 Å². The summed E-state index contributed by atoms with van der Waals surface area (Å²) in [5.41, 5.74) is 1.17. The van der Waals surface area contributed by atoms with Gasteiger partial charge in [-0.15, -0.1) is 10.2 Å². The van der Waals surface area contributed by atoms with Crippen LogP contribution < -0.4 is 0 Å². The number of carbonyl (C=O) groups excluding carboxylic acids is 1. The lowest BCUT2D eigenvalue weighted by molar-refractivity contribution is -0.130. The number of carbonyl (C=O) groups is 1. The Balaban J connectivity index is 1.88. The van der Waals surface area contributed by atoms with Gasteiger partial charge in [0.05, 0.1) is 6.54 Å². The number of rotatable bonds is 6. The molecule has 0 bridgehead atoms. The number of amides is 1. The number of hydrogen-bond donors (Lipinski definition) is 0. The molecule has 0 fully saturated rings. The SMILES string of the molecule is CCn1cnnc1CN(C)C(=O)CCc1cccn1C. The fourth-order valence-electron chi connectivity index (χ4n) is 2.15. The molecule has 1 amide bonds. The highest BCUT2D eigenvalue weighted by atomic mass is 16.2. The first-order valence-corrected chi connectivity index (χ1v) is 6.82. The highest BCUT2D eigenvalue weighted by Gasteiger charge is 2.13. The van der Waals surface area contributed by atoms with Gasteiger partial charge in [0.15, 0.2) is 5.82 Å². The summed E-state index contributed by atoms with van der Waals surface area (Å²) in [5.74, 6) is 0.944. The second kappa shape index (κ2) is 6.36. The molecule has 0 saturated heterocycles. The average Bonchev–Trinajstić information content (AvgIpc) is 3.04. The quantitative estimate of drug-likeness (QED) is 0.796. The molecule has 2 aromatic heterocycles. The van der Waals surface area contributed by atoms with Crippen molar-refractivity contribution in [2.45, 2.75) is 32.9 Å². The Morgan fingerprint density at radius 3 is 2.90 bits per heavy atom. The summed E-state index contributed by atoms with van der Waals surface area (Å²) >= 11 is 0. The maximum Gasteiger partial charge on any atom is 0.223 e. The van der Waals surface area contributed by atoms with E-state index in [-0.39, 0.29) is 5.91 Å². The lowest BCUT2D eigenvalue weighted by Crippen LogP contribution is -2.28. The fourth-order valence-corrected chi connectivity index (χ4v) is 2.15. The number of hydrogen-bond acceptors (Lipinski definition) is 3. The zero-order valence-electron chi connectivity index (χ0n) is 12.3. The van der Waals surface area contributed by atoms with Gasteiger partial charge in [-0.3, -0.25) is 4.79 Å². The summed E-state index contributed by atoms with van der Waals surface area (Å²) in [4.78, 5) is 13.8. The standard InChI is InChI=1S/C14H21N5O/c1-4-19-11-15-16-13(19)10-18(3)14(20)8-7-12-6-5-9-17(12)2/h5-6,9,11H,4,7-8,10H2,1-3H3. The summed E-state index contributed by atoms with van der Waals surface area (Å²) < 4.78 is 3.99. The van der Waals surface area contributed by atoms with Crippen molar-refractivity contribution in [1.82, 2.24) is 24.2 Å². The summed E-state index contributed by atoms with van der Waals surface area (Å²) in [6, 6.07) is 4.04.